The first-order valence-electron chi connectivity index (χ1n) is 8.82. The van der Waals surface area contributed by atoms with Gasteiger partial charge in [-0.1, -0.05) is 19.1 Å². The maximum atomic E-state index is 13.0. The van der Waals surface area contributed by atoms with Crippen molar-refractivity contribution in [3.8, 4) is 0 Å². The van der Waals surface area contributed by atoms with Gasteiger partial charge in [0.15, 0.2) is 9.84 Å². The van der Waals surface area contributed by atoms with Crippen LogP contribution in [0.1, 0.15) is 30.4 Å². The zero-order valence-electron chi connectivity index (χ0n) is 15.4. The normalized spacial score (nSPS) is 24.5. The van der Waals surface area contributed by atoms with Gasteiger partial charge < -0.3 is 15.7 Å². The lowest BCUT2D eigenvalue weighted by Crippen LogP contribution is -2.30. The molecule has 0 unspecified atom stereocenters. The van der Waals surface area contributed by atoms with E-state index in [0.717, 1.165) is 11.3 Å². The summed E-state index contributed by atoms with van der Waals surface area (Å²) in [5.74, 6) is -0.810. The number of anilines is 2. The van der Waals surface area contributed by atoms with E-state index in [1.807, 2.05) is 56.3 Å². The third kappa shape index (κ3) is 3.31. The molecule has 140 valence electrons. The fourth-order valence-corrected chi connectivity index (χ4v) is 5.75. The number of hydrogen-bond acceptors (Lipinski definition) is 5. The van der Waals surface area contributed by atoms with Gasteiger partial charge in [-0.25, -0.2) is 8.42 Å². The van der Waals surface area contributed by atoms with Gasteiger partial charge in [0.25, 0.3) is 0 Å². The van der Waals surface area contributed by atoms with Gasteiger partial charge in [0.05, 0.1) is 16.8 Å². The molecular formula is C20H26N2O3S. The summed E-state index contributed by atoms with van der Waals surface area (Å²) in [7, 11) is 0.345. The minimum atomic E-state index is -3.48. The molecule has 5 nitrogen and oxygen atoms in total. The predicted molar refractivity (Wildman–Crippen MR) is 105 cm³/mol. The van der Waals surface area contributed by atoms with E-state index in [9.17, 15) is 13.5 Å². The topological polar surface area (TPSA) is 83.6 Å². The Kier molecular flexibility index (Phi) is 4.99. The molecule has 3 atom stereocenters. The van der Waals surface area contributed by atoms with E-state index in [1.165, 1.54) is 0 Å². The van der Waals surface area contributed by atoms with Crippen LogP contribution in [0.2, 0.25) is 0 Å². The van der Waals surface area contributed by atoms with Crippen LogP contribution >= 0.6 is 0 Å². The maximum Gasteiger partial charge on any atom is 0.179 e. The summed E-state index contributed by atoms with van der Waals surface area (Å²) < 4.78 is 26.0. The van der Waals surface area contributed by atoms with Gasteiger partial charge in [-0.15, -0.1) is 0 Å². The van der Waals surface area contributed by atoms with Crippen molar-refractivity contribution in [2.75, 3.05) is 30.5 Å². The lowest BCUT2D eigenvalue weighted by atomic mass is 9.80. The SMILES string of the molecule is CC[C@@H]1CS(=O)(=O)c2ccc(N(C)C)cc2[C@H](c2cccc(N)c2)[C@@H]1O. The Hall–Kier alpha value is -2.05. The van der Waals surface area contributed by atoms with Crippen LogP contribution in [0.3, 0.4) is 0 Å². The number of rotatable bonds is 3. The molecule has 1 aliphatic rings. The van der Waals surface area contributed by atoms with Gasteiger partial charge >= 0.3 is 0 Å². The number of aliphatic hydroxyl groups is 1. The quantitative estimate of drug-likeness (QED) is 0.807. The van der Waals surface area contributed by atoms with Gasteiger partial charge in [0.1, 0.15) is 0 Å². The second-order valence-corrected chi connectivity index (χ2v) is 9.21. The van der Waals surface area contributed by atoms with Crippen molar-refractivity contribution in [1.29, 1.82) is 0 Å². The molecule has 1 aliphatic heterocycles. The average Bonchev–Trinajstić information content (AvgIpc) is 2.67. The summed E-state index contributed by atoms with van der Waals surface area (Å²) in [6, 6.07) is 12.7. The van der Waals surface area contributed by atoms with Crippen molar-refractivity contribution in [3.63, 3.8) is 0 Å². The number of nitrogens with zero attached hydrogens (tertiary/aromatic N) is 1. The Balaban J connectivity index is 2.30. The number of nitrogen functional groups attached to an aromatic ring is 1. The highest BCUT2D eigenvalue weighted by atomic mass is 32.2. The Morgan fingerprint density at radius 2 is 1.92 bits per heavy atom. The number of sulfone groups is 1. The van der Waals surface area contributed by atoms with Crippen molar-refractivity contribution in [1.82, 2.24) is 0 Å². The Labute approximate surface area is 155 Å². The number of fused-ring (bicyclic) bond motifs is 1. The molecule has 0 aliphatic carbocycles. The van der Waals surface area contributed by atoms with Crippen LogP contribution in [0.5, 0.6) is 0 Å². The molecule has 3 rings (SSSR count). The number of nitrogens with two attached hydrogens (primary N) is 1. The van der Waals surface area contributed by atoms with E-state index in [4.69, 9.17) is 5.73 Å². The molecule has 0 saturated carbocycles. The van der Waals surface area contributed by atoms with E-state index >= 15 is 0 Å². The van der Waals surface area contributed by atoms with Crippen LogP contribution in [-0.4, -0.2) is 39.5 Å². The molecule has 6 heteroatoms. The van der Waals surface area contributed by atoms with Gasteiger partial charge in [-0.2, -0.15) is 0 Å². The van der Waals surface area contributed by atoms with Gasteiger partial charge in [0.2, 0.25) is 0 Å². The molecule has 0 aromatic heterocycles. The molecule has 1 heterocycles. The highest BCUT2D eigenvalue weighted by Gasteiger charge is 2.39. The molecule has 0 radical (unpaired) electrons. The van der Waals surface area contributed by atoms with Crippen molar-refractivity contribution in [2.24, 2.45) is 5.92 Å². The highest BCUT2D eigenvalue weighted by molar-refractivity contribution is 7.91. The van der Waals surface area contributed by atoms with Crippen LogP contribution in [-0.2, 0) is 9.84 Å². The first-order valence-corrected chi connectivity index (χ1v) is 10.5. The van der Waals surface area contributed by atoms with E-state index in [-0.39, 0.29) is 11.7 Å². The number of hydrogen-bond donors (Lipinski definition) is 2. The second kappa shape index (κ2) is 6.93. The van der Waals surface area contributed by atoms with Crippen molar-refractivity contribution >= 4 is 21.2 Å². The van der Waals surface area contributed by atoms with Gasteiger partial charge in [0, 0.05) is 31.4 Å². The molecule has 2 aromatic rings. The van der Waals surface area contributed by atoms with Crippen molar-refractivity contribution in [3.05, 3.63) is 53.6 Å². The largest absolute Gasteiger partial charge is 0.399 e. The van der Waals surface area contributed by atoms with E-state index in [0.29, 0.717) is 22.6 Å². The minimum Gasteiger partial charge on any atom is -0.399 e. The van der Waals surface area contributed by atoms with Crippen LogP contribution in [0.25, 0.3) is 0 Å². The first-order chi connectivity index (χ1) is 12.2. The first kappa shape index (κ1) is 18.7. The number of benzene rings is 2. The standard InChI is InChI=1S/C20H26N2O3S/c1-4-13-12-26(24,25)18-9-8-16(22(2)3)11-17(18)19(20(13)23)14-6-5-7-15(21)10-14/h5-11,13,19-20,23H,4,12,21H2,1-3H3/t13-,19+,20-/m1/s1. The molecule has 0 bridgehead atoms. The molecule has 26 heavy (non-hydrogen) atoms. The predicted octanol–water partition coefficient (Wildman–Crippen LogP) is 2.64. The summed E-state index contributed by atoms with van der Waals surface area (Å²) in [4.78, 5) is 2.24. The van der Waals surface area contributed by atoms with E-state index < -0.39 is 21.9 Å². The molecule has 0 amide bonds. The van der Waals surface area contributed by atoms with Gasteiger partial charge in [-0.05, 0) is 53.8 Å². The molecule has 0 saturated heterocycles. The van der Waals surface area contributed by atoms with Crippen molar-refractivity contribution in [2.45, 2.75) is 30.3 Å². The molecular weight excluding hydrogens is 348 g/mol. The van der Waals surface area contributed by atoms with E-state index in [2.05, 4.69) is 0 Å². The zero-order chi connectivity index (χ0) is 19.1. The average molecular weight is 375 g/mol. The maximum absolute atomic E-state index is 13.0. The third-order valence-corrected chi connectivity index (χ3v) is 7.14. The zero-order valence-corrected chi connectivity index (χ0v) is 16.2. The summed E-state index contributed by atoms with van der Waals surface area (Å²) in [5.41, 5.74) is 8.94. The van der Waals surface area contributed by atoms with Crippen LogP contribution in [0, 0.1) is 5.92 Å². The summed E-state index contributed by atoms with van der Waals surface area (Å²) in [6.45, 7) is 1.92. The smallest absolute Gasteiger partial charge is 0.179 e. The lowest BCUT2D eigenvalue weighted by Gasteiger charge is -2.28. The summed E-state index contributed by atoms with van der Waals surface area (Å²) in [5, 5.41) is 11.1. The molecule has 0 spiro atoms. The highest BCUT2D eigenvalue weighted by Crippen LogP contribution is 2.42. The second-order valence-electron chi connectivity index (χ2n) is 7.20. The monoisotopic (exact) mass is 374 g/mol. The lowest BCUT2D eigenvalue weighted by molar-refractivity contribution is 0.100. The molecule has 0 fully saturated rings. The van der Waals surface area contributed by atoms with Gasteiger partial charge in [-0.3, -0.25) is 0 Å². The molecule has 2 aromatic carbocycles. The Bertz CT molecular complexity index is 909. The summed E-state index contributed by atoms with van der Waals surface area (Å²) in [6.07, 6.45) is -0.205. The Morgan fingerprint density at radius 3 is 2.54 bits per heavy atom. The van der Waals surface area contributed by atoms with Crippen molar-refractivity contribution < 1.29 is 13.5 Å². The minimum absolute atomic E-state index is 0.0439. The summed E-state index contributed by atoms with van der Waals surface area (Å²) >= 11 is 0. The van der Waals surface area contributed by atoms with E-state index in [1.54, 1.807) is 12.1 Å². The number of aliphatic hydroxyl groups excluding tert-OH is 1. The van der Waals surface area contributed by atoms with Crippen LogP contribution in [0.15, 0.2) is 47.4 Å². The molecule has 3 N–H and O–H groups in total. The Morgan fingerprint density at radius 1 is 1.19 bits per heavy atom. The third-order valence-electron chi connectivity index (χ3n) is 5.23. The van der Waals surface area contributed by atoms with Crippen LogP contribution in [0.4, 0.5) is 11.4 Å². The fraction of sp³-hybridized carbons (Fsp3) is 0.400. The van der Waals surface area contributed by atoms with Crippen LogP contribution < -0.4 is 10.6 Å². The fourth-order valence-electron chi connectivity index (χ4n) is 3.76.